The third-order valence-corrected chi connectivity index (χ3v) is 5.31. The summed E-state index contributed by atoms with van der Waals surface area (Å²) in [5.74, 6) is 1.93. The molecule has 1 aromatic heterocycles. The van der Waals surface area contributed by atoms with E-state index in [-0.39, 0.29) is 24.0 Å². The number of rotatable bonds is 6. The van der Waals surface area contributed by atoms with Gasteiger partial charge in [-0.3, -0.25) is 0 Å². The first-order valence-electron chi connectivity index (χ1n) is 10.2. The van der Waals surface area contributed by atoms with E-state index in [4.69, 9.17) is 16.6 Å². The Balaban J connectivity index is 0.00000320. The second kappa shape index (κ2) is 12.3. The number of anilines is 1. The Labute approximate surface area is 202 Å². The van der Waals surface area contributed by atoms with E-state index in [0.29, 0.717) is 6.54 Å². The van der Waals surface area contributed by atoms with Crippen LogP contribution in [0.1, 0.15) is 18.1 Å². The van der Waals surface area contributed by atoms with Gasteiger partial charge in [-0.25, -0.2) is 9.98 Å². The number of hydrogen-bond acceptors (Lipinski definition) is 4. The minimum absolute atomic E-state index is 0. The van der Waals surface area contributed by atoms with Gasteiger partial charge in [0, 0.05) is 63.1 Å². The van der Waals surface area contributed by atoms with E-state index in [1.807, 2.05) is 37.5 Å². The second-order valence-electron chi connectivity index (χ2n) is 7.43. The SMILES string of the molecule is CCNC(=NCc1cccnc1N1CCN(C)CC1)N(C)Cc1cccc(Cl)c1.I. The van der Waals surface area contributed by atoms with E-state index in [9.17, 15) is 0 Å². The van der Waals surface area contributed by atoms with Crippen LogP contribution in [-0.4, -0.2) is 67.6 Å². The van der Waals surface area contributed by atoms with Crippen molar-refractivity contribution >= 4 is 47.4 Å². The van der Waals surface area contributed by atoms with Gasteiger partial charge < -0.3 is 20.0 Å². The molecule has 8 heteroatoms. The number of aromatic nitrogens is 1. The first-order valence-corrected chi connectivity index (χ1v) is 10.6. The van der Waals surface area contributed by atoms with E-state index in [0.717, 1.165) is 67.2 Å². The van der Waals surface area contributed by atoms with Gasteiger partial charge in [-0.05, 0) is 37.7 Å². The molecular weight excluding hydrogens is 511 g/mol. The van der Waals surface area contributed by atoms with Crippen molar-refractivity contribution in [2.45, 2.75) is 20.0 Å². The number of nitrogens with zero attached hydrogens (tertiary/aromatic N) is 5. The topological polar surface area (TPSA) is 47.0 Å². The van der Waals surface area contributed by atoms with E-state index in [2.05, 4.69) is 51.1 Å². The molecule has 1 aromatic carbocycles. The highest BCUT2D eigenvalue weighted by atomic mass is 127. The molecule has 0 unspecified atom stereocenters. The van der Waals surface area contributed by atoms with Crippen molar-refractivity contribution in [3.8, 4) is 0 Å². The van der Waals surface area contributed by atoms with Crippen LogP contribution >= 0.6 is 35.6 Å². The zero-order valence-corrected chi connectivity index (χ0v) is 21.1. The number of nitrogens with one attached hydrogen (secondary N) is 1. The summed E-state index contributed by atoms with van der Waals surface area (Å²) in [4.78, 5) is 16.4. The fourth-order valence-electron chi connectivity index (χ4n) is 3.47. The van der Waals surface area contributed by atoms with E-state index < -0.39 is 0 Å². The van der Waals surface area contributed by atoms with Crippen molar-refractivity contribution in [1.82, 2.24) is 20.1 Å². The first kappa shape index (κ1) is 24.7. The van der Waals surface area contributed by atoms with Crippen LogP contribution in [0.25, 0.3) is 0 Å². The maximum atomic E-state index is 6.13. The number of benzene rings is 1. The van der Waals surface area contributed by atoms with Gasteiger partial charge in [-0.1, -0.05) is 29.8 Å². The molecule has 3 rings (SSSR count). The van der Waals surface area contributed by atoms with Crippen LogP contribution in [0.15, 0.2) is 47.6 Å². The van der Waals surface area contributed by atoms with Crippen molar-refractivity contribution in [2.75, 3.05) is 51.7 Å². The molecule has 30 heavy (non-hydrogen) atoms. The fourth-order valence-corrected chi connectivity index (χ4v) is 3.68. The highest BCUT2D eigenvalue weighted by molar-refractivity contribution is 14.0. The molecule has 1 N–H and O–H groups in total. The van der Waals surface area contributed by atoms with Gasteiger partial charge in [0.15, 0.2) is 5.96 Å². The zero-order valence-electron chi connectivity index (χ0n) is 18.0. The van der Waals surface area contributed by atoms with Crippen molar-refractivity contribution in [3.63, 3.8) is 0 Å². The Morgan fingerprint density at radius 3 is 2.67 bits per heavy atom. The summed E-state index contributed by atoms with van der Waals surface area (Å²) < 4.78 is 0. The molecule has 0 bridgehead atoms. The van der Waals surface area contributed by atoms with Crippen LogP contribution < -0.4 is 10.2 Å². The summed E-state index contributed by atoms with van der Waals surface area (Å²) in [6.45, 7) is 8.36. The molecule has 2 aromatic rings. The molecule has 0 radical (unpaired) electrons. The minimum atomic E-state index is 0. The summed E-state index contributed by atoms with van der Waals surface area (Å²) in [7, 11) is 4.21. The summed E-state index contributed by atoms with van der Waals surface area (Å²) in [5, 5.41) is 4.15. The lowest BCUT2D eigenvalue weighted by atomic mass is 10.2. The molecule has 0 spiro atoms. The summed E-state index contributed by atoms with van der Waals surface area (Å²) >= 11 is 6.13. The Morgan fingerprint density at radius 1 is 1.20 bits per heavy atom. The Kier molecular flexibility index (Phi) is 10.1. The van der Waals surface area contributed by atoms with Gasteiger partial charge in [0.1, 0.15) is 5.82 Å². The van der Waals surface area contributed by atoms with Crippen LogP contribution in [-0.2, 0) is 13.1 Å². The maximum Gasteiger partial charge on any atom is 0.194 e. The molecule has 0 saturated carbocycles. The maximum absolute atomic E-state index is 6.13. The molecule has 1 aliphatic rings. The molecule has 0 amide bonds. The van der Waals surface area contributed by atoms with Crippen LogP contribution in [0, 0.1) is 0 Å². The number of guanidine groups is 1. The number of piperazine rings is 1. The summed E-state index contributed by atoms with van der Waals surface area (Å²) in [6, 6.07) is 12.1. The lowest BCUT2D eigenvalue weighted by Crippen LogP contribution is -2.45. The van der Waals surface area contributed by atoms with Crippen molar-refractivity contribution in [2.24, 2.45) is 4.99 Å². The third kappa shape index (κ3) is 6.99. The predicted molar refractivity (Wildman–Crippen MR) is 137 cm³/mol. The Hall–Kier alpha value is -1.58. The summed E-state index contributed by atoms with van der Waals surface area (Å²) in [6.07, 6.45) is 1.87. The molecule has 1 saturated heterocycles. The lowest BCUT2D eigenvalue weighted by molar-refractivity contribution is 0.312. The highest BCUT2D eigenvalue weighted by Crippen LogP contribution is 2.20. The van der Waals surface area contributed by atoms with Gasteiger partial charge >= 0.3 is 0 Å². The van der Waals surface area contributed by atoms with E-state index in [1.165, 1.54) is 0 Å². The Morgan fingerprint density at radius 2 is 1.97 bits per heavy atom. The fraction of sp³-hybridized carbons (Fsp3) is 0.455. The number of pyridine rings is 1. The molecule has 6 nitrogen and oxygen atoms in total. The molecule has 1 aliphatic heterocycles. The molecule has 164 valence electrons. The third-order valence-electron chi connectivity index (χ3n) is 5.07. The number of halogens is 2. The first-order chi connectivity index (χ1) is 14.1. The standard InChI is InChI=1S/C22H31ClN6.HI/c1-4-24-22(28(3)17-18-7-5-9-20(23)15-18)26-16-19-8-6-10-25-21(19)29-13-11-27(2)12-14-29;/h5-10,15H,4,11-14,16-17H2,1-3H3,(H,24,26);1H. The highest BCUT2D eigenvalue weighted by Gasteiger charge is 2.18. The van der Waals surface area contributed by atoms with Gasteiger partial charge in [0.05, 0.1) is 6.54 Å². The van der Waals surface area contributed by atoms with Crippen molar-refractivity contribution in [3.05, 3.63) is 58.7 Å². The molecule has 0 atom stereocenters. The quantitative estimate of drug-likeness (QED) is 0.343. The Bertz CT molecular complexity index is 823. The van der Waals surface area contributed by atoms with E-state index in [1.54, 1.807) is 0 Å². The zero-order chi connectivity index (χ0) is 20.6. The second-order valence-corrected chi connectivity index (χ2v) is 7.87. The van der Waals surface area contributed by atoms with Crippen LogP contribution in [0.5, 0.6) is 0 Å². The molecule has 2 heterocycles. The summed E-state index contributed by atoms with van der Waals surface area (Å²) in [5.41, 5.74) is 2.31. The van der Waals surface area contributed by atoms with Gasteiger partial charge in [-0.15, -0.1) is 24.0 Å². The molecule has 1 fully saturated rings. The smallest absolute Gasteiger partial charge is 0.194 e. The number of likely N-dealkylation sites (N-methyl/N-ethyl adjacent to an activating group) is 1. The molecule has 0 aliphatic carbocycles. The number of aliphatic imine (C=N–C) groups is 1. The predicted octanol–water partition coefficient (Wildman–Crippen LogP) is 3.70. The van der Waals surface area contributed by atoms with E-state index >= 15 is 0 Å². The average molecular weight is 543 g/mol. The van der Waals surface area contributed by atoms with Crippen molar-refractivity contribution in [1.29, 1.82) is 0 Å². The lowest BCUT2D eigenvalue weighted by Gasteiger charge is -2.34. The van der Waals surface area contributed by atoms with Gasteiger partial charge in [0.25, 0.3) is 0 Å². The monoisotopic (exact) mass is 542 g/mol. The van der Waals surface area contributed by atoms with Crippen LogP contribution in [0.4, 0.5) is 5.82 Å². The normalized spacial score (nSPS) is 14.9. The molecular formula is C22H32ClIN6. The van der Waals surface area contributed by atoms with Gasteiger partial charge in [0.2, 0.25) is 0 Å². The average Bonchev–Trinajstić information content (AvgIpc) is 2.72. The largest absolute Gasteiger partial charge is 0.357 e. The van der Waals surface area contributed by atoms with Crippen LogP contribution in [0.2, 0.25) is 5.02 Å². The van der Waals surface area contributed by atoms with Crippen molar-refractivity contribution < 1.29 is 0 Å². The number of hydrogen-bond donors (Lipinski definition) is 1. The minimum Gasteiger partial charge on any atom is -0.357 e. The van der Waals surface area contributed by atoms with Gasteiger partial charge in [-0.2, -0.15) is 0 Å². The van der Waals surface area contributed by atoms with Crippen LogP contribution in [0.3, 0.4) is 0 Å².